The normalized spacial score (nSPS) is 10.7. The van der Waals surface area contributed by atoms with Gasteiger partial charge in [0.1, 0.15) is 0 Å². The molecule has 0 fully saturated rings. The fourth-order valence-corrected chi connectivity index (χ4v) is 4.41. The van der Waals surface area contributed by atoms with Crippen molar-refractivity contribution in [3.05, 3.63) is 35.2 Å². The molecule has 2 heterocycles. The third-order valence-corrected chi connectivity index (χ3v) is 5.31. The van der Waals surface area contributed by atoms with Gasteiger partial charge in [-0.3, -0.25) is 10.2 Å². The summed E-state index contributed by atoms with van der Waals surface area (Å²) in [5.41, 5.74) is 4.71. The van der Waals surface area contributed by atoms with E-state index in [1.54, 1.807) is 18.3 Å². The molecule has 7 heteroatoms. The van der Waals surface area contributed by atoms with Crippen molar-refractivity contribution < 1.29 is 9.59 Å². The Morgan fingerprint density at radius 1 is 1.10 bits per heavy atom. The lowest BCUT2D eigenvalue weighted by molar-refractivity contribution is 0.0940. The van der Waals surface area contributed by atoms with Gasteiger partial charge in [0.2, 0.25) is 0 Å². The van der Waals surface area contributed by atoms with Crippen LogP contribution in [0.2, 0.25) is 0 Å². The van der Waals surface area contributed by atoms with Gasteiger partial charge in [0.15, 0.2) is 0 Å². The van der Waals surface area contributed by atoms with Gasteiger partial charge >= 0.3 is 6.03 Å². The van der Waals surface area contributed by atoms with Crippen LogP contribution in [0.5, 0.6) is 0 Å². The molecule has 3 aromatic rings. The molecule has 108 valence electrons. The predicted octanol–water partition coefficient (Wildman–Crippen LogP) is 3.08. The molecule has 0 atom stereocenters. The van der Waals surface area contributed by atoms with E-state index in [0.29, 0.717) is 11.4 Å². The molecule has 0 radical (unpaired) electrons. The average molecular weight is 319 g/mol. The molecule has 2 aromatic heterocycles. The standard InChI is InChI=1S/C14H13N3O2S2/c1-2-15-14(19)17-16-13(18)11-7-10-12(21-11)8-5-3-4-6-9(8)20-10/h3-7H,2H2,1H3,(H,16,18)(H2,15,17,19). The van der Waals surface area contributed by atoms with Crippen LogP contribution in [0.4, 0.5) is 4.79 Å². The summed E-state index contributed by atoms with van der Waals surface area (Å²) < 4.78 is 3.41. The van der Waals surface area contributed by atoms with Crippen LogP contribution < -0.4 is 16.2 Å². The number of amides is 3. The first-order valence-corrected chi connectivity index (χ1v) is 8.07. The van der Waals surface area contributed by atoms with Crippen LogP contribution in [0.3, 0.4) is 0 Å². The van der Waals surface area contributed by atoms with Crippen LogP contribution in [0, 0.1) is 0 Å². The Balaban J connectivity index is 1.81. The molecule has 0 aliphatic rings. The number of hydrogen-bond donors (Lipinski definition) is 3. The van der Waals surface area contributed by atoms with Gasteiger partial charge in [-0.25, -0.2) is 10.2 Å². The highest BCUT2D eigenvalue weighted by Gasteiger charge is 2.14. The Morgan fingerprint density at radius 2 is 1.90 bits per heavy atom. The summed E-state index contributed by atoms with van der Waals surface area (Å²) >= 11 is 3.10. The number of urea groups is 1. The zero-order valence-electron chi connectivity index (χ0n) is 11.2. The van der Waals surface area contributed by atoms with Crippen molar-refractivity contribution in [3.8, 4) is 0 Å². The number of benzene rings is 1. The van der Waals surface area contributed by atoms with Crippen LogP contribution in [-0.4, -0.2) is 18.5 Å². The topological polar surface area (TPSA) is 70.2 Å². The maximum Gasteiger partial charge on any atom is 0.333 e. The molecule has 0 aliphatic heterocycles. The lowest BCUT2D eigenvalue weighted by atomic mass is 10.2. The third-order valence-electron chi connectivity index (χ3n) is 2.90. The minimum absolute atomic E-state index is 0.307. The second kappa shape index (κ2) is 5.71. The van der Waals surface area contributed by atoms with Gasteiger partial charge in [-0.2, -0.15) is 0 Å². The van der Waals surface area contributed by atoms with Gasteiger partial charge < -0.3 is 5.32 Å². The van der Waals surface area contributed by atoms with Crippen LogP contribution in [0.1, 0.15) is 16.6 Å². The Morgan fingerprint density at radius 3 is 2.71 bits per heavy atom. The van der Waals surface area contributed by atoms with E-state index >= 15 is 0 Å². The molecule has 1 aromatic carbocycles. The summed E-state index contributed by atoms with van der Waals surface area (Å²) in [4.78, 5) is 23.8. The Labute approximate surface area is 128 Å². The molecule has 21 heavy (non-hydrogen) atoms. The summed E-state index contributed by atoms with van der Waals surface area (Å²) in [6.45, 7) is 2.31. The van der Waals surface area contributed by atoms with Gasteiger partial charge in [-0.15, -0.1) is 22.7 Å². The van der Waals surface area contributed by atoms with E-state index in [9.17, 15) is 9.59 Å². The largest absolute Gasteiger partial charge is 0.337 e. The van der Waals surface area contributed by atoms with Crippen molar-refractivity contribution in [1.82, 2.24) is 16.2 Å². The number of nitrogens with one attached hydrogen (secondary N) is 3. The molecule has 0 unspecified atom stereocenters. The lowest BCUT2D eigenvalue weighted by Crippen LogP contribution is -2.46. The van der Waals surface area contributed by atoms with Gasteiger partial charge in [-0.05, 0) is 19.1 Å². The molecular weight excluding hydrogens is 306 g/mol. The van der Waals surface area contributed by atoms with Crippen molar-refractivity contribution in [3.63, 3.8) is 0 Å². The quantitative estimate of drug-likeness (QED) is 0.635. The van der Waals surface area contributed by atoms with E-state index in [1.807, 2.05) is 18.2 Å². The van der Waals surface area contributed by atoms with Gasteiger partial charge in [0.25, 0.3) is 5.91 Å². The van der Waals surface area contributed by atoms with Crippen molar-refractivity contribution >= 4 is 54.1 Å². The number of fused-ring (bicyclic) bond motifs is 3. The molecule has 0 saturated heterocycles. The van der Waals surface area contributed by atoms with Gasteiger partial charge in [0, 0.05) is 21.3 Å². The van der Waals surface area contributed by atoms with E-state index in [2.05, 4.69) is 28.3 Å². The SMILES string of the molecule is CCNC(=O)NNC(=O)c1cc2sc3ccccc3c2s1. The Hall–Kier alpha value is -2.12. The third kappa shape index (κ3) is 2.70. The monoisotopic (exact) mass is 319 g/mol. The van der Waals surface area contributed by atoms with Crippen molar-refractivity contribution in [2.45, 2.75) is 6.92 Å². The second-order valence-corrected chi connectivity index (χ2v) is 6.48. The predicted molar refractivity (Wildman–Crippen MR) is 86.9 cm³/mol. The van der Waals surface area contributed by atoms with Crippen molar-refractivity contribution in [2.24, 2.45) is 0 Å². The van der Waals surface area contributed by atoms with E-state index in [1.165, 1.54) is 21.4 Å². The van der Waals surface area contributed by atoms with E-state index in [0.717, 1.165) is 9.40 Å². The fraction of sp³-hybridized carbons (Fsp3) is 0.143. The number of rotatable bonds is 2. The van der Waals surface area contributed by atoms with E-state index in [-0.39, 0.29) is 5.91 Å². The van der Waals surface area contributed by atoms with Crippen LogP contribution in [-0.2, 0) is 0 Å². The van der Waals surface area contributed by atoms with E-state index < -0.39 is 6.03 Å². The average Bonchev–Trinajstić information content (AvgIpc) is 3.02. The van der Waals surface area contributed by atoms with Crippen LogP contribution in [0.25, 0.3) is 19.5 Å². The number of hydrazine groups is 1. The zero-order chi connectivity index (χ0) is 14.8. The van der Waals surface area contributed by atoms with Gasteiger partial charge in [-0.1, -0.05) is 18.2 Å². The Bertz CT molecular complexity index is 822. The number of carbonyl (C=O) groups is 2. The highest BCUT2D eigenvalue weighted by atomic mass is 32.1. The summed E-state index contributed by atoms with van der Waals surface area (Å²) in [6, 6.07) is 9.56. The minimum Gasteiger partial charge on any atom is -0.337 e. The highest BCUT2D eigenvalue weighted by molar-refractivity contribution is 7.33. The lowest BCUT2D eigenvalue weighted by Gasteiger charge is -2.05. The first-order valence-electron chi connectivity index (χ1n) is 6.44. The zero-order valence-corrected chi connectivity index (χ0v) is 12.9. The number of carbonyl (C=O) groups excluding carboxylic acids is 2. The molecule has 5 nitrogen and oxygen atoms in total. The summed E-state index contributed by atoms with van der Waals surface area (Å²) in [6.07, 6.45) is 0. The minimum atomic E-state index is -0.422. The van der Waals surface area contributed by atoms with E-state index in [4.69, 9.17) is 0 Å². The number of hydrogen-bond acceptors (Lipinski definition) is 4. The first-order chi connectivity index (χ1) is 10.2. The molecule has 0 bridgehead atoms. The van der Waals surface area contributed by atoms with Crippen molar-refractivity contribution in [1.29, 1.82) is 0 Å². The number of thiophene rings is 2. The second-order valence-electron chi connectivity index (χ2n) is 4.34. The van der Waals surface area contributed by atoms with Gasteiger partial charge in [0.05, 0.1) is 9.58 Å². The molecule has 3 N–H and O–H groups in total. The highest BCUT2D eigenvalue weighted by Crippen LogP contribution is 2.39. The molecule has 0 spiro atoms. The first kappa shape index (κ1) is 13.8. The summed E-state index contributed by atoms with van der Waals surface area (Å²) in [5.74, 6) is -0.307. The molecule has 3 amide bonds. The molecule has 0 saturated carbocycles. The molecule has 3 rings (SSSR count). The van der Waals surface area contributed by atoms with Crippen LogP contribution >= 0.6 is 22.7 Å². The molecule has 0 aliphatic carbocycles. The maximum absolute atomic E-state index is 12.0. The van der Waals surface area contributed by atoms with Crippen LogP contribution in [0.15, 0.2) is 30.3 Å². The Kier molecular flexibility index (Phi) is 3.76. The smallest absolute Gasteiger partial charge is 0.333 e. The summed E-state index contributed by atoms with van der Waals surface area (Å²) in [5, 5.41) is 3.70. The fourth-order valence-electron chi connectivity index (χ4n) is 1.99. The maximum atomic E-state index is 12.0. The summed E-state index contributed by atoms with van der Waals surface area (Å²) in [7, 11) is 0. The molecular formula is C14H13N3O2S2. The van der Waals surface area contributed by atoms with Crippen molar-refractivity contribution in [2.75, 3.05) is 6.54 Å².